The molecule has 134 valence electrons. The monoisotopic (exact) mass is 375 g/mol. The van der Waals surface area contributed by atoms with Gasteiger partial charge in [-0.1, -0.05) is 36.0 Å². The molecule has 0 bridgehead atoms. The number of benzene rings is 2. The molecular formula is C18H15F2N3O2S. The van der Waals surface area contributed by atoms with Crippen LogP contribution >= 0.6 is 11.8 Å². The molecule has 1 amide bonds. The van der Waals surface area contributed by atoms with E-state index in [9.17, 15) is 13.6 Å². The molecule has 1 heterocycles. The molecule has 0 saturated carbocycles. The number of halogens is 2. The number of rotatable bonds is 5. The second kappa shape index (κ2) is 7.65. The third-order valence-electron chi connectivity index (χ3n) is 3.64. The number of carbonyl (C=O) groups excluding carboxylic acids is 1. The van der Waals surface area contributed by atoms with E-state index < -0.39 is 28.5 Å². The fourth-order valence-corrected chi connectivity index (χ4v) is 2.91. The van der Waals surface area contributed by atoms with Crippen LogP contribution in [-0.4, -0.2) is 21.4 Å². The van der Waals surface area contributed by atoms with Gasteiger partial charge in [-0.15, -0.1) is 10.2 Å². The SMILES string of the molecule is Cc1ccccc1-c1nnc(SC(C)C(=O)Nc2c(F)cccc2F)o1. The molecule has 0 aliphatic carbocycles. The summed E-state index contributed by atoms with van der Waals surface area (Å²) in [6.45, 7) is 3.50. The number of anilines is 1. The van der Waals surface area contributed by atoms with E-state index >= 15 is 0 Å². The van der Waals surface area contributed by atoms with Crippen molar-refractivity contribution in [2.45, 2.75) is 24.3 Å². The van der Waals surface area contributed by atoms with Crippen LogP contribution in [0, 0.1) is 18.6 Å². The van der Waals surface area contributed by atoms with Crippen LogP contribution in [0.15, 0.2) is 52.1 Å². The Morgan fingerprint density at radius 3 is 2.50 bits per heavy atom. The molecular weight excluding hydrogens is 360 g/mol. The van der Waals surface area contributed by atoms with Crippen LogP contribution in [0.4, 0.5) is 14.5 Å². The first-order valence-corrected chi connectivity index (χ1v) is 8.64. The summed E-state index contributed by atoms with van der Waals surface area (Å²) in [5.74, 6) is -1.90. The summed E-state index contributed by atoms with van der Waals surface area (Å²) in [6, 6.07) is 10.9. The first-order valence-electron chi connectivity index (χ1n) is 7.76. The first kappa shape index (κ1) is 18.1. The molecule has 3 rings (SSSR count). The molecule has 0 aliphatic rings. The minimum atomic E-state index is -0.838. The van der Waals surface area contributed by atoms with E-state index in [0.29, 0.717) is 5.89 Å². The van der Waals surface area contributed by atoms with Gasteiger partial charge in [-0.05, 0) is 37.6 Å². The second-order valence-electron chi connectivity index (χ2n) is 5.53. The number of para-hydroxylation sites is 1. The molecule has 0 spiro atoms. The predicted octanol–water partition coefficient (Wildman–Crippen LogP) is 4.44. The molecule has 1 atom stereocenters. The average Bonchev–Trinajstić information content (AvgIpc) is 3.06. The fraction of sp³-hybridized carbons (Fsp3) is 0.167. The van der Waals surface area contributed by atoms with Crippen molar-refractivity contribution in [3.8, 4) is 11.5 Å². The minimum absolute atomic E-state index is 0.194. The summed E-state index contributed by atoms with van der Waals surface area (Å²) in [5.41, 5.74) is 1.31. The molecule has 1 unspecified atom stereocenters. The van der Waals surface area contributed by atoms with Crippen molar-refractivity contribution in [1.82, 2.24) is 10.2 Å². The van der Waals surface area contributed by atoms with Crippen molar-refractivity contribution in [2.24, 2.45) is 0 Å². The Hall–Kier alpha value is -2.74. The molecule has 0 fully saturated rings. The van der Waals surface area contributed by atoms with Crippen LogP contribution in [-0.2, 0) is 4.79 Å². The lowest BCUT2D eigenvalue weighted by molar-refractivity contribution is -0.115. The number of aryl methyl sites for hydroxylation is 1. The molecule has 5 nitrogen and oxygen atoms in total. The number of amides is 1. The maximum Gasteiger partial charge on any atom is 0.277 e. The summed E-state index contributed by atoms with van der Waals surface area (Å²) in [7, 11) is 0. The quantitative estimate of drug-likeness (QED) is 0.668. The van der Waals surface area contributed by atoms with Crippen LogP contribution in [0.1, 0.15) is 12.5 Å². The van der Waals surface area contributed by atoms with E-state index in [1.54, 1.807) is 6.92 Å². The van der Waals surface area contributed by atoms with Gasteiger partial charge in [0.15, 0.2) is 0 Å². The number of thioether (sulfide) groups is 1. The maximum absolute atomic E-state index is 13.6. The van der Waals surface area contributed by atoms with Gasteiger partial charge in [-0.3, -0.25) is 4.79 Å². The highest BCUT2D eigenvalue weighted by molar-refractivity contribution is 8.00. The average molecular weight is 375 g/mol. The lowest BCUT2D eigenvalue weighted by Crippen LogP contribution is -2.23. The zero-order chi connectivity index (χ0) is 18.7. The summed E-state index contributed by atoms with van der Waals surface area (Å²) in [4.78, 5) is 12.2. The fourth-order valence-electron chi connectivity index (χ4n) is 2.23. The minimum Gasteiger partial charge on any atom is -0.411 e. The topological polar surface area (TPSA) is 68.0 Å². The Morgan fingerprint density at radius 2 is 1.81 bits per heavy atom. The number of nitrogens with zero attached hydrogens (tertiary/aromatic N) is 2. The van der Waals surface area contributed by atoms with E-state index in [0.717, 1.165) is 35.0 Å². The van der Waals surface area contributed by atoms with Crippen molar-refractivity contribution in [3.63, 3.8) is 0 Å². The van der Waals surface area contributed by atoms with Crippen LogP contribution in [0.25, 0.3) is 11.5 Å². The Balaban J connectivity index is 1.69. The number of hydrogen-bond donors (Lipinski definition) is 1. The predicted molar refractivity (Wildman–Crippen MR) is 94.8 cm³/mol. The van der Waals surface area contributed by atoms with Gasteiger partial charge < -0.3 is 9.73 Å². The van der Waals surface area contributed by atoms with Crippen LogP contribution < -0.4 is 5.32 Å². The Bertz CT molecular complexity index is 925. The Labute approximate surface area is 152 Å². The van der Waals surface area contributed by atoms with Gasteiger partial charge in [0, 0.05) is 5.56 Å². The Morgan fingerprint density at radius 1 is 1.12 bits per heavy atom. The molecule has 8 heteroatoms. The summed E-state index contributed by atoms with van der Waals surface area (Å²) in [6.07, 6.45) is 0. The first-order chi connectivity index (χ1) is 12.5. The third kappa shape index (κ3) is 3.91. The summed E-state index contributed by atoms with van der Waals surface area (Å²) in [5, 5.41) is 9.64. The summed E-state index contributed by atoms with van der Waals surface area (Å²) < 4.78 is 32.8. The van der Waals surface area contributed by atoms with Gasteiger partial charge in [-0.25, -0.2) is 8.78 Å². The highest BCUT2D eigenvalue weighted by Crippen LogP contribution is 2.28. The molecule has 3 aromatic rings. The Kier molecular flexibility index (Phi) is 5.32. The number of aromatic nitrogens is 2. The number of nitrogens with one attached hydrogen (secondary N) is 1. The van der Waals surface area contributed by atoms with E-state index in [2.05, 4.69) is 15.5 Å². The van der Waals surface area contributed by atoms with Crippen molar-refractivity contribution < 1.29 is 18.0 Å². The zero-order valence-electron chi connectivity index (χ0n) is 14.0. The molecule has 2 aromatic carbocycles. The van der Waals surface area contributed by atoms with E-state index in [-0.39, 0.29) is 5.22 Å². The second-order valence-corrected chi connectivity index (χ2v) is 6.83. The maximum atomic E-state index is 13.6. The standard InChI is InChI=1S/C18H15F2N3O2S/c1-10-6-3-4-7-12(10)17-22-23-18(25-17)26-11(2)16(24)21-15-13(19)8-5-9-14(15)20/h3-9,11H,1-2H3,(H,21,24). The normalized spacial score (nSPS) is 12.0. The van der Waals surface area contributed by atoms with Gasteiger partial charge in [-0.2, -0.15) is 0 Å². The highest BCUT2D eigenvalue weighted by atomic mass is 32.2. The summed E-state index contributed by atoms with van der Waals surface area (Å²) >= 11 is 1.01. The van der Waals surface area contributed by atoms with Crippen molar-refractivity contribution in [2.75, 3.05) is 5.32 Å². The van der Waals surface area contributed by atoms with E-state index in [1.165, 1.54) is 6.07 Å². The van der Waals surface area contributed by atoms with Crippen LogP contribution in [0.5, 0.6) is 0 Å². The number of hydrogen-bond acceptors (Lipinski definition) is 5. The van der Waals surface area contributed by atoms with Gasteiger partial charge in [0.25, 0.3) is 5.22 Å². The highest BCUT2D eigenvalue weighted by Gasteiger charge is 2.21. The van der Waals surface area contributed by atoms with Crippen LogP contribution in [0.3, 0.4) is 0 Å². The lowest BCUT2D eigenvalue weighted by Gasteiger charge is -2.11. The molecule has 1 aromatic heterocycles. The molecule has 26 heavy (non-hydrogen) atoms. The molecule has 0 radical (unpaired) electrons. The van der Waals surface area contributed by atoms with Gasteiger partial charge in [0.1, 0.15) is 17.3 Å². The molecule has 1 N–H and O–H groups in total. The lowest BCUT2D eigenvalue weighted by atomic mass is 10.1. The van der Waals surface area contributed by atoms with Gasteiger partial charge >= 0.3 is 0 Å². The zero-order valence-corrected chi connectivity index (χ0v) is 14.8. The smallest absolute Gasteiger partial charge is 0.277 e. The van der Waals surface area contributed by atoms with E-state index in [1.807, 2.05) is 31.2 Å². The van der Waals surface area contributed by atoms with Gasteiger partial charge in [0.2, 0.25) is 11.8 Å². The van der Waals surface area contributed by atoms with Crippen molar-refractivity contribution in [3.05, 3.63) is 59.7 Å². The van der Waals surface area contributed by atoms with Gasteiger partial charge in [0.05, 0.1) is 5.25 Å². The van der Waals surface area contributed by atoms with Crippen LogP contribution in [0.2, 0.25) is 0 Å². The largest absolute Gasteiger partial charge is 0.411 e. The molecule has 0 saturated heterocycles. The number of carbonyl (C=O) groups is 1. The van der Waals surface area contributed by atoms with Crippen molar-refractivity contribution >= 4 is 23.4 Å². The third-order valence-corrected chi connectivity index (χ3v) is 4.57. The van der Waals surface area contributed by atoms with E-state index in [4.69, 9.17) is 4.42 Å². The van der Waals surface area contributed by atoms with Crippen molar-refractivity contribution in [1.29, 1.82) is 0 Å². The molecule has 0 aliphatic heterocycles.